The number of likely N-dealkylation sites (tertiary alicyclic amines) is 2. The third kappa shape index (κ3) is 3.56. The number of pyridine rings is 1. The smallest absolute Gasteiger partial charge is 0.320 e. The fraction of sp³-hybridized carbons (Fsp3) is 0.550. The highest BCUT2D eigenvalue weighted by molar-refractivity contribution is 5.76. The van der Waals surface area contributed by atoms with E-state index in [-0.39, 0.29) is 17.4 Å². The van der Waals surface area contributed by atoms with E-state index in [4.69, 9.17) is 0 Å². The van der Waals surface area contributed by atoms with Crippen LogP contribution in [0.2, 0.25) is 0 Å². The molecule has 2 aliphatic rings. The molecule has 1 N–H and O–H groups in total. The van der Waals surface area contributed by atoms with Gasteiger partial charge in [-0.2, -0.15) is 0 Å². The molecule has 27 heavy (non-hydrogen) atoms. The lowest BCUT2D eigenvalue weighted by Crippen LogP contribution is -2.44. The highest BCUT2D eigenvalue weighted by Crippen LogP contribution is 2.42. The van der Waals surface area contributed by atoms with Crippen molar-refractivity contribution in [2.75, 3.05) is 26.7 Å². The fourth-order valence-electron chi connectivity index (χ4n) is 4.64. The maximum atomic E-state index is 12.6. The highest BCUT2D eigenvalue weighted by atomic mass is 16.4. The standard InChI is InChI=1S/C20H26N4O3/c1-22-14-20(12-16(22)19(26)27)7-10-23(11-8-20)18(25)6-5-15-13-24-9-3-2-4-17(24)21-15/h2-4,9,13,16H,5-8,10-12,14H2,1H3,(H,26,27). The summed E-state index contributed by atoms with van der Waals surface area (Å²) in [5.74, 6) is -0.566. The number of aromatic nitrogens is 2. The van der Waals surface area contributed by atoms with Crippen molar-refractivity contribution in [1.29, 1.82) is 0 Å². The number of hydrogen-bond donors (Lipinski definition) is 1. The van der Waals surface area contributed by atoms with E-state index in [9.17, 15) is 14.7 Å². The minimum atomic E-state index is -0.736. The van der Waals surface area contributed by atoms with Crippen LogP contribution in [-0.2, 0) is 16.0 Å². The van der Waals surface area contributed by atoms with Crippen LogP contribution in [-0.4, -0.2) is 68.9 Å². The summed E-state index contributed by atoms with van der Waals surface area (Å²) in [6.45, 7) is 2.27. The lowest BCUT2D eigenvalue weighted by atomic mass is 9.76. The number of likely N-dealkylation sites (N-methyl/N-ethyl adjacent to an activating group) is 1. The van der Waals surface area contributed by atoms with Gasteiger partial charge in [0.2, 0.25) is 5.91 Å². The van der Waals surface area contributed by atoms with E-state index >= 15 is 0 Å². The molecule has 4 rings (SSSR count). The molecule has 1 amide bonds. The Balaban J connectivity index is 1.30. The van der Waals surface area contributed by atoms with Crippen molar-refractivity contribution in [3.63, 3.8) is 0 Å². The molecule has 2 aromatic rings. The molecule has 0 aromatic carbocycles. The summed E-state index contributed by atoms with van der Waals surface area (Å²) in [7, 11) is 1.89. The number of rotatable bonds is 4. The van der Waals surface area contributed by atoms with E-state index in [1.54, 1.807) is 0 Å². The number of carbonyl (C=O) groups excluding carboxylic acids is 1. The minimum absolute atomic E-state index is 0.0518. The van der Waals surface area contributed by atoms with Crippen molar-refractivity contribution in [1.82, 2.24) is 19.2 Å². The first kappa shape index (κ1) is 18.0. The lowest BCUT2D eigenvalue weighted by molar-refractivity contribution is -0.142. The summed E-state index contributed by atoms with van der Waals surface area (Å²) in [5.41, 5.74) is 1.89. The number of carbonyl (C=O) groups is 2. The predicted octanol–water partition coefficient (Wildman–Crippen LogP) is 1.66. The Morgan fingerprint density at radius 3 is 2.74 bits per heavy atom. The van der Waals surface area contributed by atoms with Crippen LogP contribution < -0.4 is 0 Å². The zero-order valence-electron chi connectivity index (χ0n) is 15.7. The van der Waals surface area contributed by atoms with E-state index in [1.807, 2.05) is 51.8 Å². The summed E-state index contributed by atoms with van der Waals surface area (Å²) in [4.78, 5) is 32.4. The van der Waals surface area contributed by atoms with Gasteiger partial charge in [-0.25, -0.2) is 4.98 Å². The van der Waals surface area contributed by atoms with Crippen LogP contribution >= 0.6 is 0 Å². The highest BCUT2D eigenvalue weighted by Gasteiger charge is 2.47. The van der Waals surface area contributed by atoms with E-state index in [2.05, 4.69) is 4.98 Å². The monoisotopic (exact) mass is 370 g/mol. The van der Waals surface area contributed by atoms with Gasteiger partial charge >= 0.3 is 5.97 Å². The minimum Gasteiger partial charge on any atom is -0.480 e. The second-order valence-corrected chi connectivity index (χ2v) is 8.05. The van der Waals surface area contributed by atoms with Gasteiger partial charge in [0.15, 0.2) is 0 Å². The normalized spacial score (nSPS) is 22.6. The van der Waals surface area contributed by atoms with Crippen LogP contribution in [0.5, 0.6) is 0 Å². The maximum Gasteiger partial charge on any atom is 0.320 e. The van der Waals surface area contributed by atoms with Gasteiger partial charge < -0.3 is 14.4 Å². The van der Waals surface area contributed by atoms with Crippen molar-refractivity contribution in [2.45, 2.75) is 38.1 Å². The molecule has 1 atom stereocenters. The second kappa shape index (κ2) is 6.96. The number of imidazole rings is 1. The average molecular weight is 370 g/mol. The molecule has 7 heteroatoms. The summed E-state index contributed by atoms with van der Waals surface area (Å²) in [6, 6.07) is 5.49. The number of piperidine rings is 1. The lowest BCUT2D eigenvalue weighted by Gasteiger charge is -2.39. The van der Waals surface area contributed by atoms with Gasteiger partial charge in [0, 0.05) is 38.4 Å². The molecule has 1 spiro atoms. The molecular weight excluding hydrogens is 344 g/mol. The van der Waals surface area contributed by atoms with Crippen molar-refractivity contribution in [3.05, 3.63) is 36.3 Å². The largest absolute Gasteiger partial charge is 0.480 e. The molecule has 0 radical (unpaired) electrons. The number of fused-ring (bicyclic) bond motifs is 1. The topological polar surface area (TPSA) is 78.2 Å². The number of amides is 1. The van der Waals surface area contributed by atoms with Gasteiger partial charge in [-0.15, -0.1) is 0 Å². The molecule has 2 fully saturated rings. The zero-order chi connectivity index (χ0) is 19.0. The molecule has 1 unspecified atom stereocenters. The first-order valence-corrected chi connectivity index (χ1v) is 9.59. The zero-order valence-corrected chi connectivity index (χ0v) is 15.7. The molecule has 0 saturated carbocycles. The molecule has 0 aliphatic carbocycles. The quantitative estimate of drug-likeness (QED) is 0.886. The Morgan fingerprint density at radius 1 is 1.30 bits per heavy atom. The Labute approximate surface area is 158 Å². The molecule has 0 bridgehead atoms. The number of nitrogens with zero attached hydrogens (tertiary/aromatic N) is 4. The van der Waals surface area contributed by atoms with Gasteiger partial charge in [0.05, 0.1) is 5.69 Å². The first-order chi connectivity index (χ1) is 13.0. The van der Waals surface area contributed by atoms with E-state index < -0.39 is 5.97 Å². The maximum absolute atomic E-state index is 12.6. The molecule has 7 nitrogen and oxygen atoms in total. The third-order valence-corrected chi connectivity index (χ3v) is 6.21. The van der Waals surface area contributed by atoms with Crippen LogP contribution in [0.1, 0.15) is 31.4 Å². The summed E-state index contributed by atoms with van der Waals surface area (Å²) in [5, 5.41) is 9.35. The van der Waals surface area contributed by atoms with Gasteiger partial charge in [0.25, 0.3) is 0 Å². The molecule has 2 aliphatic heterocycles. The Morgan fingerprint density at radius 2 is 2.07 bits per heavy atom. The molecular formula is C20H26N4O3. The van der Waals surface area contributed by atoms with Gasteiger partial charge in [-0.05, 0) is 50.3 Å². The number of hydrogen-bond acceptors (Lipinski definition) is 4. The van der Waals surface area contributed by atoms with E-state index in [0.717, 1.165) is 43.8 Å². The average Bonchev–Trinajstić information content (AvgIpc) is 3.21. The van der Waals surface area contributed by atoms with Gasteiger partial charge in [0.1, 0.15) is 11.7 Å². The van der Waals surface area contributed by atoms with Gasteiger partial charge in [-0.3, -0.25) is 14.5 Å². The molecule has 144 valence electrons. The summed E-state index contributed by atoms with van der Waals surface area (Å²) >= 11 is 0. The predicted molar refractivity (Wildman–Crippen MR) is 100 cm³/mol. The van der Waals surface area contributed by atoms with Crippen molar-refractivity contribution >= 4 is 17.5 Å². The Hall–Kier alpha value is -2.41. The van der Waals surface area contributed by atoms with Crippen molar-refractivity contribution < 1.29 is 14.7 Å². The third-order valence-electron chi connectivity index (χ3n) is 6.21. The van der Waals surface area contributed by atoms with Crippen LogP contribution in [0.25, 0.3) is 5.65 Å². The number of aliphatic carboxylic acids is 1. The van der Waals surface area contributed by atoms with Crippen molar-refractivity contribution in [2.24, 2.45) is 5.41 Å². The van der Waals surface area contributed by atoms with Crippen LogP contribution in [0.3, 0.4) is 0 Å². The summed E-state index contributed by atoms with van der Waals surface area (Å²) in [6.07, 6.45) is 7.53. The first-order valence-electron chi connectivity index (χ1n) is 9.59. The van der Waals surface area contributed by atoms with Crippen LogP contribution in [0.15, 0.2) is 30.6 Å². The second-order valence-electron chi connectivity index (χ2n) is 8.05. The van der Waals surface area contributed by atoms with Gasteiger partial charge in [-0.1, -0.05) is 6.07 Å². The molecule has 2 saturated heterocycles. The number of carboxylic acid groups (broad SMARTS) is 1. The van der Waals surface area contributed by atoms with Crippen LogP contribution in [0, 0.1) is 5.41 Å². The van der Waals surface area contributed by atoms with Crippen LogP contribution in [0.4, 0.5) is 0 Å². The number of carboxylic acids is 1. The number of aryl methyl sites for hydroxylation is 1. The van der Waals surface area contributed by atoms with E-state index in [1.165, 1.54) is 0 Å². The fourth-order valence-corrected chi connectivity index (χ4v) is 4.64. The summed E-state index contributed by atoms with van der Waals surface area (Å²) < 4.78 is 1.97. The SMILES string of the molecule is CN1CC2(CCN(C(=O)CCc3cn4ccccc4n3)CC2)CC1C(=O)O. The Bertz CT molecular complexity index is 821. The van der Waals surface area contributed by atoms with Crippen molar-refractivity contribution in [3.8, 4) is 0 Å². The van der Waals surface area contributed by atoms with E-state index in [0.29, 0.717) is 19.3 Å². The molecule has 2 aromatic heterocycles. The molecule has 4 heterocycles. The Kier molecular flexibility index (Phi) is 4.63.